The Morgan fingerprint density at radius 1 is 1.06 bits per heavy atom. The van der Waals surface area contributed by atoms with Crippen LogP contribution in [-0.4, -0.2) is 57.0 Å². The van der Waals surface area contributed by atoms with Crippen molar-refractivity contribution in [2.45, 2.75) is 28.7 Å². The van der Waals surface area contributed by atoms with E-state index in [4.69, 9.17) is 4.74 Å². The molecule has 5 rings (SSSR count). The Morgan fingerprint density at radius 3 is 2.58 bits per heavy atom. The van der Waals surface area contributed by atoms with E-state index in [9.17, 15) is 15.3 Å². The number of methoxy groups -OCH3 is 1. The van der Waals surface area contributed by atoms with Crippen LogP contribution in [-0.2, 0) is 9.53 Å². The van der Waals surface area contributed by atoms with Crippen molar-refractivity contribution in [3.05, 3.63) is 66.2 Å². The normalized spacial score (nSPS) is 14.0. The van der Waals surface area contributed by atoms with E-state index in [2.05, 4.69) is 22.3 Å². The summed E-state index contributed by atoms with van der Waals surface area (Å²) in [7, 11) is 1.53. The summed E-state index contributed by atoms with van der Waals surface area (Å²) < 4.78 is 8.65. The number of nitrogens with zero attached hydrogens (tertiary/aromatic N) is 7. The molecule has 4 heterocycles. The summed E-state index contributed by atoms with van der Waals surface area (Å²) in [5.41, 5.74) is 3.60. The van der Waals surface area contributed by atoms with Gasteiger partial charge in [-0.05, 0) is 31.0 Å². The Bertz CT molecular complexity index is 1500. The molecular formula is C26H23N7O2S. The third-order valence-corrected chi connectivity index (χ3v) is 7.43. The SMILES string of the molecule is COCC(=O)N1CCC(n2cc(-c3cc(Sc4ccccc4C#N)c4c(C#N)cnn4c3)cn2)CC1. The van der Waals surface area contributed by atoms with Crippen LogP contribution in [0.1, 0.15) is 30.0 Å². The Kier molecular flexibility index (Phi) is 6.72. The van der Waals surface area contributed by atoms with Gasteiger partial charge in [0.1, 0.15) is 18.7 Å². The van der Waals surface area contributed by atoms with Gasteiger partial charge in [0.15, 0.2) is 0 Å². The van der Waals surface area contributed by atoms with Crippen LogP contribution in [0.5, 0.6) is 0 Å². The number of fused-ring (bicyclic) bond motifs is 1. The van der Waals surface area contributed by atoms with Crippen LogP contribution in [0.3, 0.4) is 0 Å². The molecule has 0 saturated carbocycles. The average Bonchev–Trinajstić information content (AvgIpc) is 3.57. The van der Waals surface area contributed by atoms with Crippen molar-refractivity contribution in [1.82, 2.24) is 24.3 Å². The number of carbonyl (C=O) groups is 1. The van der Waals surface area contributed by atoms with Crippen LogP contribution < -0.4 is 0 Å². The third-order valence-electron chi connectivity index (χ3n) is 6.32. The summed E-state index contributed by atoms with van der Waals surface area (Å²) in [4.78, 5) is 15.6. The largest absolute Gasteiger partial charge is 0.375 e. The summed E-state index contributed by atoms with van der Waals surface area (Å²) in [5, 5.41) is 28.2. The maximum atomic E-state index is 12.1. The Morgan fingerprint density at radius 2 is 1.83 bits per heavy atom. The van der Waals surface area contributed by atoms with E-state index in [0.717, 1.165) is 33.8 Å². The number of nitriles is 2. The predicted octanol–water partition coefficient (Wildman–Crippen LogP) is 3.90. The molecule has 0 aliphatic carbocycles. The molecule has 1 amide bonds. The minimum absolute atomic E-state index is 0.0179. The highest BCUT2D eigenvalue weighted by atomic mass is 32.2. The first-order valence-electron chi connectivity index (χ1n) is 11.5. The van der Waals surface area contributed by atoms with Crippen LogP contribution in [0.25, 0.3) is 16.6 Å². The lowest BCUT2D eigenvalue weighted by molar-refractivity contribution is -0.136. The molecule has 4 aromatic rings. The zero-order valence-corrected chi connectivity index (χ0v) is 20.5. The molecule has 3 aromatic heterocycles. The molecule has 0 spiro atoms. The lowest BCUT2D eigenvalue weighted by Gasteiger charge is -2.32. The quantitative estimate of drug-likeness (QED) is 0.397. The fraction of sp³-hybridized carbons (Fsp3) is 0.269. The molecular weight excluding hydrogens is 474 g/mol. The zero-order valence-electron chi connectivity index (χ0n) is 19.7. The lowest BCUT2D eigenvalue weighted by atomic mass is 10.1. The minimum atomic E-state index is 0.0179. The number of likely N-dealkylation sites (tertiary alicyclic amines) is 1. The fourth-order valence-corrected chi connectivity index (χ4v) is 5.54. The predicted molar refractivity (Wildman–Crippen MR) is 133 cm³/mol. The molecule has 1 fully saturated rings. The van der Waals surface area contributed by atoms with Crippen molar-refractivity contribution in [2.24, 2.45) is 0 Å². The second-order valence-corrected chi connectivity index (χ2v) is 9.60. The smallest absolute Gasteiger partial charge is 0.248 e. The van der Waals surface area contributed by atoms with E-state index in [0.29, 0.717) is 29.7 Å². The molecule has 0 N–H and O–H groups in total. The van der Waals surface area contributed by atoms with Crippen LogP contribution >= 0.6 is 11.8 Å². The second kappa shape index (κ2) is 10.2. The number of rotatable bonds is 6. The summed E-state index contributed by atoms with van der Waals surface area (Å²) in [6.45, 7) is 1.47. The topological polar surface area (TPSA) is 112 Å². The Labute approximate surface area is 212 Å². The van der Waals surface area contributed by atoms with E-state index in [1.54, 1.807) is 16.8 Å². The van der Waals surface area contributed by atoms with Crippen molar-refractivity contribution in [1.29, 1.82) is 10.5 Å². The van der Waals surface area contributed by atoms with E-state index >= 15 is 0 Å². The Balaban J connectivity index is 1.44. The molecule has 1 aliphatic rings. The van der Waals surface area contributed by atoms with Crippen LogP contribution in [0.4, 0.5) is 0 Å². The van der Waals surface area contributed by atoms with Gasteiger partial charge in [-0.25, -0.2) is 4.52 Å². The van der Waals surface area contributed by atoms with Gasteiger partial charge >= 0.3 is 0 Å². The number of ether oxygens (including phenoxy) is 1. The summed E-state index contributed by atoms with van der Waals surface area (Å²) in [5.74, 6) is 0.0179. The standard InChI is InChI=1S/C26H23N7O2S/c1-35-17-25(34)31-8-6-22(7-9-31)32-16-21(14-29-32)19-10-24(26-20(12-28)13-30-33(26)15-19)36-23-5-3-2-4-18(23)11-27/h2-5,10,13-16,22H,6-9,17H2,1H3. The van der Waals surface area contributed by atoms with E-state index in [1.807, 2.05) is 52.4 Å². The molecule has 10 heteroatoms. The van der Waals surface area contributed by atoms with Gasteiger partial charge in [-0.2, -0.15) is 20.7 Å². The maximum absolute atomic E-state index is 12.1. The Hall–Kier alpha value is -4.12. The number of hydrogen-bond acceptors (Lipinski definition) is 7. The molecule has 180 valence electrons. The number of aromatic nitrogens is 4. The van der Waals surface area contributed by atoms with E-state index in [1.165, 1.54) is 18.9 Å². The van der Waals surface area contributed by atoms with Gasteiger partial charge in [-0.3, -0.25) is 9.48 Å². The van der Waals surface area contributed by atoms with Gasteiger partial charge in [0.2, 0.25) is 5.91 Å². The lowest BCUT2D eigenvalue weighted by Crippen LogP contribution is -2.40. The van der Waals surface area contributed by atoms with Crippen molar-refractivity contribution >= 4 is 23.2 Å². The highest BCUT2D eigenvalue weighted by Gasteiger charge is 2.24. The number of carbonyl (C=O) groups excluding carboxylic acids is 1. The van der Waals surface area contributed by atoms with Crippen LogP contribution in [0, 0.1) is 22.7 Å². The van der Waals surface area contributed by atoms with Gasteiger partial charge in [0.05, 0.1) is 35.1 Å². The van der Waals surface area contributed by atoms with Crippen LogP contribution in [0.2, 0.25) is 0 Å². The number of piperidine rings is 1. The first-order chi connectivity index (χ1) is 17.6. The van der Waals surface area contributed by atoms with Gasteiger partial charge < -0.3 is 9.64 Å². The second-order valence-electron chi connectivity index (χ2n) is 8.52. The number of benzene rings is 1. The first kappa shape index (κ1) is 23.6. The molecule has 0 radical (unpaired) electrons. The summed E-state index contributed by atoms with van der Waals surface area (Å²) in [6.07, 6.45) is 8.95. The van der Waals surface area contributed by atoms with Crippen molar-refractivity contribution in [3.8, 4) is 23.3 Å². The van der Waals surface area contributed by atoms with Crippen molar-refractivity contribution in [3.63, 3.8) is 0 Å². The van der Waals surface area contributed by atoms with E-state index < -0.39 is 0 Å². The third kappa shape index (κ3) is 4.57. The molecule has 1 aliphatic heterocycles. The average molecular weight is 498 g/mol. The van der Waals surface area contributed by atoms with Gasteiger partial charge in [0, 0.05) is 53.5 Å². The highest BCUT2D eigenvalue weighted by Crippen LogP contribution is 2.37. The number of pyridine rings is 1. The number of hydrogen-bond donors (Lipinski definition) is 0. The fourth-order valence-electron chi connectivity index (χ4n) is 4.45. The molecule has 36 heavy (non-hydrogen) atoms. The van der Waals surface area contributed by atoms with Crippen molar-refractivity contribution in [2.75, 3.05) is 26.8 Å². The van der Waals surface area contributed by atoms with Gasteiger partial charge in [0.25, 0.3) is 0 Å². The molecule has 9 nitrogen and oxygen atoms in total. The highest BCUT2D eigenvalue weighted by molar-refractivity contribution is 7.99. The summed E-state index contributed by atoms with van der Waals surface area (Å²) in [6, 6.07) is 14.1. The number of amides is 1. The maximum Gasteiger partial charge on any atom is 0.248 e. The van der Waals surface area contributed by atoms with Gasteiger partial charge in [-0.1, -0.05) is 23.9 Å². The molecule has 0 atom stereocenters. The zero-order chi connectivity index (χ0) is 25.1. The van der Waals surface area contributed by atoms with Crippen LogP contribution in [0.15, 0.2) is 64.9 Å². The summed E-state index contributed by atoms with van der Waals surface area (Å²) >= 11 is 1.44. The molecule has 0 bridgehead atoms. The minimum Gasteiger partial charge on any atom is -0.375 e. The molecule has 0 unspecified atom stereocenters. The van der Waals surface area contributed by atoms with Crippen molar-refractivity contribution < 1.29 is 9.53 Å². The molecule has 1 saturated heterocycles. The van der Waals surface area contributed by atoms with E-state index in [-0.39, 0.29) is 18.6 Å². The first-order valence-corrected chi connectivity index (χ1v) is 12.3. The monoisotopic (exact) mass is 497 g/mol. The van der Waals surface area contributed by atoms with Gasteiger partial charge in [-0.15, -0.1) is 0 Å². The molecule has 1 aromatic carbocycles.